The standard InChI is InChI=1S/C17H27BrN2O2S/c1-12(15-10-13(18)11-23-15)19-8-7-14-6-5-9-20(14)16(21)22-17(2,3)4/h10-12,14,19H,5-9H2,1-4H3. The Morgan fingerprint density at radius 2 is 2.30 bits per heavy atom. The Morgan fingerprint density at radius 1 is 1.57 bits per heavy atom. The predicted octanol–water partition coefficient (Wildman–Crippen LogP) is 4.95. The first-order valence-electron chi connectivity index (χ1n) is 8.23. The average molecular weight is 403 g/mol. The number of hydrogen-bond donors (Lipinski definition) is 1. The van der Waals surface area contributed by atoms with Crippen LogP contribution in [0.2, 0.25) is 0 Å². The molecule has 1 N–H and O–H groups in total. The Kier molecular flexibility index (Phi) is 6.51. The summed E-state index contributed by atoms with van der Waals surface area (Å²) in [5.41, 5.74) is -0.427. The van der Waals surface area contributed by atoms with Crippen LogP contribution in [0.25, 0.3) is 0 Å². The third-order valence-electron chi connectivity index (χ3n) is 3.95. The molecule has 0 spiro atoms. The summed E-state index contributed by atoms with van der Waals surface area (Å²) in [5, 5.41) is 5.66. The fourth-order valence-corrected chi connectivity index (χ4v) is 4.30. The predicted molar refractivity (Wildman–Crippen MR) is 99.0 cm³/mol. The molecule has 0 aromatic carbocycles. The number of carbonyl (C=O) groups is 1. The first-order chi connectivity index (χ1) is 10.8. The molecule has 1 aliphatic rings. The smallest absolute Gasteiger partial charge is 0.410 e. The monoisotopic (exact) mass is 402 g/mol. The van der Waals surface area contributed by atoms with Gasteiger partial charge in [0.25, 0.3) is 0 Å². The number of likely N-dealkylation sites (tertiary alicyclic amines) is 1. The van der Waals surface area contributed by atoms with Crippen molar-refractivity contribution in [3.63, 3.8) is 0 Å². The molecule has 1 aliphatic heterocycles. The van der Waals surface area contributed by atoms with E-state index in [1.54, 1.807) is 11.3 Å². The van der Waals surface area contributed by atoms with Crippen LogP contribution in [0.15, 0.2) is 15.9 Å². The summed E-state index contributed by atoms with van der Waals surface area (Å²) in [6.07, 6.45) is 2.93. The second-order valence-corrected chi connectivity index (χ2v) is 8.96. The fraction of sp³-hybridized carbons (Fsp3) is 0.706. The van der Waals surface area contributed by atoms with Crippen LogP contribution < -0.4 is 5.32 Å². The number of rotatable bonds is 5. The zero-order valence-electron chi connectivity index (χ0n) is 14.4. The molecule has 0 aliphatic carbocycles. The second kappa shape index (κ2) is 7.99. The van der Waals surface area contributed by atoms with Gasteiger partial charge >= 0.3 is 6.09 Å². The van der Waals surface area contributed by atoms with E-state index in [1.807, 2.05) is 25.7 Å². The van der Waals surface area contributed by atoms with Crippen LogP contribution in [0.4, 0.5) is 4.79 Å². The molecule has 1 aromatic rings. The number of nitrogens with zero attached hydrogens (tertiary/aromatic N) is 1. The van der Waals surface area contributed by atoms with Gasteiger partial charge in [-0.05, 0) is 75.5 Å². The molecule has 0 radical (unpaired) electrons. The molecule has 1 amide bonds. The van der Waals surface area contributed by atoms with E-state index >= 15 is 0 Å². The van der Waals surface area contributed by atoms with E-state index in [-0.39, 0.29) is 6.09 Å². The van der Waals surface area contributed by atoms with Gasteiger partial charge in [-0.25, -0.2) is 4.79 Å². The SMILES string of the molecule is CC(NCCC1CCCN1C(=O)OC(C)(C)C)c1cc(Br)cs1. The normalized spacial score (nSPS) is 19.9. The van der Waals surface area contributed by atoms with Crippen molar-refractivity contribution >= 4 is 33.4 Å². The maximum atomic E-state index is 12.3. The van der Waals surface area contributed by atoms with Gasteiger partial charge in [-0.3, -0.25) is 0 Å². The minimum Gasteiger partial charge on any atom is -0.444 e. The highest BCUT2D eigenvalue weighted by molar-refractivity contribution is 9.10. The molecule has 0 saturated carbocycles. The Morgan fingerprint density at radius 3 is 2.91 bits per heavy atom. The quantitative estimate of drug-likeness (QED) is 0.756. The molecule has 6 heteroatoms. The molecule has 2 heterocycles. The van der Waals surface area contributed by atoms with Gasteiger partial charge < -0.3 is 15.0 Å². The van der Waals surface area contributed by atoms with Gasteiger partial charge in [0.2, 0.25) is 0 Å². The molecule has 2 rings (SSSR count). The molecule has 23 heavy (non-hydrogen) atoms. The van der Waals surface area contributed by atoms with E-state index in [0.29, 0.717) is 12.1 Å². The van der Waals surface area contributed by atoms with Gasteiger partial charge in [-0.2, -0.15) is 0 Å². The zero-order valence-corrected chi connectivity index (χ0v) is 16.8. The van der Waals surface area contributed by atoms with Gasteiger partial charge in [0.1, 0.15) is 5.60 Å². The third-order valence-corrected chi connectivity index (χ3v) is 5.82. The molecule has 4 nitrogen and oxygen atoms in total. The molecule has 1 fully saturated rings. The largest absolute Gasteiger partial charge is 0.444 e. The molecule has 1 aromatic heterocycles. The van der Waals surface area contributed by atoms with Gasteiger partial charge in [0.15, 0.2) is 0 Å². The molecule has 2 unspecified atom stereocenters. The van der Waals surface area contributed by atoms with Gasteiger partial charge in [0, 0.05) is 33.4 Å². The highest BCUT2D eigenvalue weighted by Gasteiger charge is 2.31. The number of halogens is 1. The van der Waals surface area contributed by atoms with Crippen LogP contribution in [0.1, 0.15) is 57.9 Å². The topological polar surface area (TPSA) is 41.6 Å². The summed E-state index contributed by atoms with van der Waals surface area (Å²) < 4.78 is 6.65. The minimum atomic E-state index is -0.427. The minimum absolute atomic E-state index is 0.171. The summed E-state index contributed by atoms with van der Waals surface area (Å²) in [4.78, 5) is 15.5. The first-order valence-corrected chi connectivity index (χ1v) is 9.90. The summed E-state index contributed by atoms with van der Waals surface area (Å²) in [6.45, 7) is 9.64. The van der Waals surface area contributed by atoms with Crippen molar-refractivity contribution in [3.05, 3.63) is 20.8 Å². The van der Waals surface area contributed by atoms with Gasteiger partial charge in [-0.1, -0.05) is 0 Å². The maximum absolute atomic E-state index is 12.3. The Bertz CT molecular complexity index is 527. The molecular weight excluding hydrogens is 376 g/mol. The van der Waals surface area contributed by atoms with Crippen LogP contribution in [-0.2, 0) is 4.74 Å². The number of carbonyl (C=O) groups excluding carboxylic acids is 1. The van der Waals surface area contributed by atoms with E-state index in [4.69, 9.17) is 4.74 Å². The summed E-state index contributed by atoms with van der Waals surface area (Å²) in [6, 6.07) is 2.78. The number of amides is 1. The van der Waals surface area contributed by atoms with Crippen molar-refractivity contribution in [2.45, 2.75) is 64.6 Å². The first kappa shape index (κ1) is 18.7. The average Bonchev–Trinajstić information content (AvgIpc) is 3.05. The Balaban J connectivity index is 1.79. The summed E-state index contributed by atoms with van der Waals surface area (Å²) in [7, 11) is 0. The van der Waals surface area contributed by atoms with Crippen LogP contribution in [-0.4, -0.2) is 35.7 Å². The van der Waals surface area contributed by atoms with Crippen molar-refractivity contribution in [3.8, 4) is 0 Å². The number of ether oxygens (including phenoxy) is 1. The Hall–Kier alpha value is -0.590. The van der Waals surface area contributed by atoms with Gasteiger partial charge in [-0.15, -0.1) is 11.3 Å². The second-order valence-electron chi connectivity index (χ2n) is 7.10. The van der Waals surface area contributed by atoms with E-state index in [9.17, 15) is 4.79 Å². The van der Waals surface area contributed by atoms with Crippen molar-refractivity contribution in [1.29, 1.82) is 0 Å². The summed E-state index contributed by atoms with van der Waals surface area (Å²) in [5.74, 6) is 0. The van der Waals surface area contributed by atoms with E-state index in [1.165, 1.54) is 4.88 Å². The van der Waals surface area contributed by atoms with Crippen molar-refractivity contribution in [2.24, 2.45) is 0 Å². The van der Waals surface area contributed by atoms with E-state index in [0.717, 1.165) is 36.8 Å². The van der Waals surface area contributed by atoms with Crippen molar-refractivity contribution in [2.75, 3.05) is 13.1 Å². The lowest BCUT2D eigenvalue weighted by Gasteiger charge is -2.29. The Labute approximate surface area is 151 Å². The molecular formula is C17H27BrN2O2S. The van der Waals surface area contributed by atoms with E-state index < -0.39 is 5.60 Å². The van der Waals surface area contributed by atoms with Crippen LogP contribution >= 0.6 is 27.3 Å². The van der Waals surface area contributed by atoms with Crippen molar-refractivity contribution in [1.82, 2.24) is 10.2 Å². The molecule has 2 atom stereocenters. The highest BCUT2D eigenvalue weighted by Crippen LogP contribution is 2.26. The number of nitrogens with one attached hydrogen (secondary N) is 1. The third kappa shape index (κ3) is 5.76. The molecule has 0 bridgehead atoms. The van der Waals surface area contributed by atoms with Crippen LogP contribution in [0.3, 0.4) is 0 Å². The number of hydrogen-bond acceptors (Lipinski definition) is 4. The summed E-state index contributed by atoms with van der Waals surface area (Å²) >= 11 is 5.25. The number of thiophene rings is 1. The lowest BCUT2D eigenvalue weighted by atomic mass is 10.1. The fourth-order valence-electron chi connectivity index (χ4n) is 2.82. The van der Waals surface area contributed by atoms with Gasteiger partial charge in [0.05, 0.1) is 0 Å². The molecule has 1 saturated heterocycles. The van der Waals surface area contributed by atoms with Crippen LogP contribution in [0.5, 0.6) is 0 Å². The highest BCUT2D eigenvalue weighted by atomic mass is 79.9. The maximum Gasteiger partial charge on any atom is 0.410 e. The lowest BCUT2D eigenvalue weighted by Crippen LogP contribution is -2.41. The van der Waals surface area contributed by atoms with Crippen molar-refractivity contribution < 1.29 is 9.53 Å². The van der Waals surface area contributed by atoms with E-state index in [2.05, 4.69) is 39.6 Å². The lowest BCUT2D eigenvalue weighted by molar-refractivity contribution is 0.0220. The molecule has 130 valence electrons. The zero-order chi connectivity index (χ0) is 17.0. The van der Waals surface area contributed by atoms with Crippen LogP contribution in [0, 0.1) is 0 Å².